The summed E-state index contributed by atoms with van der Waals surface area (Å²) in [6.45, 7) is 2.15. The fraction of sp³-hybridized carbons (Fsp3) is 0.632. The molecule has 1 amide bonds. The second-order valence-corrected chi connectivity index (χ2v) is 7.97. The SMILES string of the molecule is CNC(=O)C12C[C@H]3C[C@@H](C1)CC(c1ccc(C)cc1)(C3)C2. The number of hydrogen-bond donors (Lipinski definition) is 1. The molecule has 5 rings (SSSR count). The molecule has 1 aromatic rings. The first-order valence-corrected chi connectivity index (χ1v) is 8.35. The minimum absolute atomic E-state index is 0.0796. The van der Waals surface area contributed by atoms with E-state index < -0.39 is 0 Å². The summed E-state index contributed by atoms with van der Waals surface area (Å²) in [6.07, 6.45) is 7.26. The predicted molar refractivity (Wildman–Crippen MR) is 84.0 cm³/mol. The maximum atomic E-state index is 12.6. The third-order valence-corrected chi connectivity index (χ3v) is 6.43. The number of carbonyl (C=O) groups is 1. The van der Waals surface area contributed by atoms with Crippen LogP contribution >= 0.6 is 0 Å². The smallest absolute Gasteiger partial charge is 0.226 e. The molecular weight excluding hydrogens is 258 g/mol. The van der Waals surface area contributed by atoms with Crippen LogP contribution in [0.4, 0.5) is 0 Å². The first-order valence-electron chi connectivity index (χ1n) is 8.35. The maximum absolute atomic E-state index is 12.6. The molecule has 4 aliphatic rings. The van der Waals surface area contributed by atoms with E-state index in [-0.39, 0.29) is 10.8 Å². The molecule has 2 nitrogen and oxygen atoms in total. The number of rotatable bonds is 2. The Morgan fingerprint density at radius 1 is 1.10 bits per heavy atom. The van der Waals surface area contributed by atoms with Gasteiger partial charge in [0.15, 0.2) is 0 Å². The van der Waals surface area contributed by atoms with Gasteiger partial charge >= 0.3 is 0 Å². The highest BCUT2D eigenvalue weighted by molar-refractivity contribution is 5.83. The zero-order valence-corrected chi connectivity index (χ0v) is 13.1. The molecule has 4 saturated carbocycles. The van der Waals surface area contributed by atoms with Crippen LogP contribution in [0.3, 0.4) is 0 Å². The van der Waals surface area contributed by atoms with Gasteiger partial charge in [0.2, 0.25) is 5.91 Å². The molecule has 4 aliphatic carbocycles. The highest BCUT2D eigenvalue weighted by Crippen LogP contribution is 2.65. The second kappa shape index (κ2) is 4.34. The predicted octanol–water partition coefficient (Wildman–Crippen LogP) is 3.58. The molecule has 2 heteroatoms. The van der Waals surface area contributed by atoms with Crippen LogP contribution < -0.4 is 5.32 Å². The average molecular weight is 283 g/mol. The van der Waals surface area contributed by atoms with Gasteiger partial charge in [0, 0.05) is 7.05 Å². The van der Waals surface area contributed by atoms with Crippen LogP contribution in [0.1, 0.15) is 49.7 Å². The molecule has 0 radical (unpaired) electrons. The van der Waals surface area contributed by atoms with E-state index in [2.05, 4.69) is 36.5 Å². The van der Waals surface area contributed by atoms with Gasteiger partial charge < -0.3 is 5.32 Å². The molecule has 2 unspecified atom stereocenters. The Morgan fingerprint density at radius 2 is 1.71 bits per heavy atom. The van der Waals surface area contributed by atoms with E-state index in [0.717, 1.165) is 31.1 Å². The van der Waals surface area contributed by atoms with Gasteiger partial charge in [-0.1, -0.05) is 29.8 Å². The van der Waals surface area contributed by atoms with Gasteiger partial charge in [0.1, 0.15) is 0 Å². The lowest BCUT2D eigenvalue weighted by Gasteiger charge is -2.61. The van der Waals surface area contributed by atoms with Crippen molar-refractivity contribution in [2.45, 2.75) is 50.9 Å². The molecule has 4 atom stereocenters. The van der Waals surface area contributed by atoms with Crippen molar-refractivity contribution < 1.29 is 4.79 Å². The van der Waals surface area contributed by atoms with Gasteiger partial charge in [-0.05, 0) is 68.3 Å². The fourth-order valence-electron chi connectivity index (χ4n) is 6.04. The second-order valence-electron chi connectivity index (χ2n) is 7.97. The van der Waals surface area contributed by atoms with E-state index in [1.54, 1.807) is 7.05 Å². The average Bonchev–Trinajstić information content (AvgIpc) is 2.45. The molecule has 0 spiro atoms. The van der Waals surface area contributed by atoms with E-state index in [1.165, 1.54) is 30.4 Å². The molecule has 0 aliphatic heterocycles. The quantitative estimate of drug-likeness (QED) is 0.883. The third-order valence-electron chi connectivity index (χ3n) is 6.43. The number of amides is 1. The summed E-state index contributed by atoms with van der Waals surface area (Å²) in [5.74, 6) is 1.81. The van der Waals surface area contributed by atoms with Crippen molar-refractivity contribution in [3.05, 3.63) is 35.4 Å². The lowest BCUT2D eigenvalue weighted by molar-refractivity contribution is -0.148. The monoisotopic (exact) mass is 283 g/mol. The molecule has 4 fully saturated rings. The number of nitrogens with one attached hydrogen (secondary N) is 1. The van der Waals surface area contributed by atoms with Gasteiger partial charge in [0.25, 0.3) is 0 Å². The highest BCUT2D eigenvalue weighted by atomic mass is 16.2. The summed E-state index contributed by atoms with van der Waals surface area (Å²) in [5.41, 5.74) is 2.99. The molecule has 0 heterocycles. The lowest BCUT2D eigenvalue weighted by Crippen LogP contribution is -2.58. The Balaban J connectivity index is 1.76. The minimum Gasteiger partial charge on any atom is -0.359 e. The van der Waals surface area contributed by atoms with Crippen LogP contribution in [0.2, 0.25) is 0 Å². The Kier molecular flexibility index (Phi) is 2.76. The van der Waals surface area contributed by atoms with Crippen LogP contribution in [0.25, 0.3) is 0 Å². The van der Waals surface area contributed by atoms with Crippen molar-refractivity contribution in [2.75, 3.05) is 7.05 Å². The van der Waals surface area contributed by atoms with Crippen molar-refractivity contribution in [2.24, 2.45) is 17.3 Å². The van der Waals surface area contributed by atoms with Crippen LogP contribution in [-0.2, 0) is 10.2 Å². The first kappa shape index (κ1) is 13.4. The van der Waals surface area contributed by atoms with E-state index in [4.69, 9.17) is 0 Å². The summed E-state index contributed by atoms with van der Waals surface area (Å²) < 4.78 is 0. The standard InChI is InChI=1S/C19H25NO/c1-13-3-5-16(6-4-13)18-8-14-7-15(9-18)11-19(10-14,12-18)17(21)20-2/h3-6,14-15H,7-12H2,1-2H3,(H,20,21)/t14-,15+,18?,19?. The molecule has 21 heavy (non-hydrogen) atoms. The summed E-state index contributed by atoms with van der Waals surface area (Å²) in [7, 11) is 1.81. The topological polar surface area (TPSA) is 29.1 Å². The molecule has 4 bridgehead atoms. The number of hydrogen-bond acceptors (Lipinski definition) is 1. The van der Waals surface area contributed by atoms with Gasteiger partial charge in [-0.3, -0.25) is 4.79 Å². The van der Waals surface area contributed by atoms with E-state index in [1.807, 2.05) is 0 Å². The van der Waals surface area contributed by atoms with Crippen molar-refractivity contribution in [1.82, 2.24) is 5.32 Å². The zero-order valence-electron chi connectivity index (χ0n) is 13.1. The normalized spacial score (nSPS) is 40.3. The minimum atomic E-state index is -0.0796. The van der Waals surface area contributed by atoms with Gasteiger partial charge in [-0.25, -0.2) is 0 Å². The Morgan fingerprint density at radius 3 is 2.29 bits per heavy atom. The maximum Gasteiger partial charge on any atom is 0.226 e. The van der Waals surface area contributed by atoms with Gasteiger partial charge in [0.05, 0.1) is 5.41 Å². The van der Waals surface area contributed by atoms with E-state index in [0.29, 0.717) is 5.91 Å². The van der Waals surface area contributed by atoms with Crippen molar-refractivity contribution in [3.8, 4) is 0 Å². The molecular formula is C19H25NO. The molecule has 0 saturated heterocycles. The number of carbonyl (C=O) groups excluding carboxylic acids is 1. The zero-order chi connectivity index (χ0) is 14.7. The van der Waals surface area contributed by atoms with E-state index >= 15 is 0 Å². The fourth-order valence-corrected chi connectivity index (χ4v) is 6.04. The molecule has 0 aromatic heterocycles. The van der Waals surface area contributed by atoms with Gasteiger partial charge in [-0.15, -0.1) is 0 Å². The third kappa shape index (κ3) is 1.88. The highest BCUT2D eigenvalue weighted by Gasteiger charge is 2.60. The summed E-state index contributed by atoms with van der Waals surface area (Å²) in [5, 5.41) is 2.96. The van der Waals surface area contributed by atoms with Crippen LogP contribution in [0.5, 0.6) is 0 Å². The summed E-state index contributed by atoms with van der Waals surface area (Å²) in [6, 6.07) is 9.11. The Labute approximate surface area is 127 Å². The summed E-state index contributed by atoms with van der Waals surface area (Å²) in [4.78, 5) is 12.6. The van der Waals surface area contributed by atoms with E-state index in [9.17, 15) is 4.79 Å². The Hall–Kier alpha value is -1.31. The summed E-state index contributed by atoms with van der Waals surface area (Å²) >= 11 is 0. The van der Waals surface area contributed by atoms with Gasteiger partial charge in [-0.2, -0.15) is 0 Å². The van der Waals surface area contributed by atoms with Crippen LogP contribution in [0, 0.1) is 24.2 Å². The number of aryl methyl sites for hydroxylation is 1. The van der Waals surface area contributed by atoms with Crippen molar-refractivity contribution in [3.63, 3.8) is 0 Å². The van der Waals surface area contributed by atoms with Crippen molar-refractivity contribution >= 4 is 5.91 Å². The molecule has 112 valence electrons. The van der Waals surface area contributed by atoms with Crippen LogP contribution in [-0.4, -0.2) is 13.0 Å². The molecule has 1 aromatic carbocycles. The first-order chi connectivity index (χ1) is 10.1. The Bertz CT molecular complexity index is 560. The largest absolute Gasteiger partial charge is 0.359 e. The lowest BCUT2D eigenvalue weighted by atomic mass is 9.42. The van der Waals surface area contributed by atoms with Crippen LogP contribution in [0.15, 0.2) is 24.3 Å². The number of benzene rings is 1. The van der Waals surface area contributed by atoms with Crippen molar-refractivity contribution in [1.29, 1.82) is 0 Å². The molecule has 1 N–H and O–H groups in total.